The maximum absolute atomic E-state index is 12.0. The van der Waals surface area contributed by atoms with Crippen LogP contribution in [0.2, 0.25) is 0 Å². The minimum atomic E-state index is -0.300. The van der Waals surface area contributed by atoms with Gasteiger partial charge in [0.05, 0.1) is 0 Å². The summed E-state index contributed by atoms with van der Waals surface area (Å²) in [5.41, 5.74) is 2.01. The molecule has 3 rings (SSSR count). The highest BCUT2D eigenvalue weighted by atomic mass is 32.1. The van der Waals surface area contributed by atoms with Crippen LogP contribution in [-0.2, 0) is 11.8 Å². The van der Waals surface area contributed by atoms with Gasteiger partial charge in [-0.2, -0.15) is 4.99 Å². The average molecular weight is 324 g/mol. The number of nitrogens with zero attached hydrogens (tertiary/aromatic N) is 2. The molecule has 3 aromatic rings. The molecule has 4 nitrogen and oxygen atoms in total. The lowest BCUT2D eigenvalue weighted by Gasteiger charge is -2.10. The third-order valence-electron chi connectivity index (χ3n) is 3.30. The van der Waals surface area contributed by atoms with Gasteiger partial charge in [0.1, 0.15) is 5.75 Å². The second-order valence-electron chi connectivity index (χ2n) is 4.95. The number of para-hydroxylation sites is 1. The molecular weight excluding hydrogens is 308 g/mol. The molecule has 1 amide bonds. The first-order valence-electron chi connectivity index (χ1n) is 7.19. The van der Waals surface area contributed by atoms with Crippen molar-refractivity contribution >= 4 is 17.2 Å². The van der Waals surface area contributed by atoms with Crippen molar-refractivity contribution in [2.45, 2.75) is 0 Å². The normalized spacial score (nSPS) is 11.4. The topological polar surface area (TPSA) is 43.6 Å². The van der Waals surface area contributed by atoms with Gasteiger partial charge in [0, 0.05) is 24.2 Å². The van der Waals surface area contributed by atoms with Gasteiger partial charge in [-0.05, 0) is 11.6 Å². The lowest BCUT2D eigenvalue weighted by molar-refractivity contribution is -0.120. The van der Waals surface area contributed by atoms with E-state index in [4.69, 9.17) is 4.74 Å². The number of hydrogen-bond donors (Lipinski definition) is 0. The first-order valence-corrected chi connectivity index (χ1v) is 8.07. The van der Waals surface area contributed by atoms with E-state index in [0.29, 0.717) is 10.6 Å². The lowest BCUT2D eigenvalue weighted by Crippen LogP contribution is -2.16. The SMILES string of the molecule is Cn1ccsc1=NC(=O)COc1ccccc1-c1ccccc1. The molecule has 0 N–H and O–H groups in total. The number of hydrogen-bond acceptors (Lipinski definition) is 3. The molecule has 23 heavy (non-hydrogen) atoms. The van der Waals surface area contributed by atoms with Crippen molar-refractivity contribution in [3.63, 3.8) is 0 Å². The van der Waals surface area contributed by atoms with Crippen molar-refractivity contribution < 1.29 is 9.53 Å². The van der Waals surface area contributed by atoms with Crippen molar-refractivity contribution in [3.05, 3.63) is 71.0 Å². The first kappa shape index (κ1) is 15.2. The number of aryl methyl sites for hydroxylation is 1. The summed E-state index contributed by atoms with van der Waals surface area (Å²) >= 11 is 1.42. The third kappa shape index (κ3) is 3.76. The van der Waals surface area contributed by atoms with Crippen LogP contribution >= 0.6 is 11.3 Å². The highest BCUT2D eigenvalue weighted by molar-refractivity contribution is 7.07. The zero-order valence-electron chi connectivity index (χ0n) is 12.7. The molecule has 5 heteroatoms. The number of ether oxygens (including phenoxy) is 1. The summed E-state index contributed by atoms with van der Waals surface area (Å²) < 4.78 is 7.50. The van der Waals surface area contributed by atoms with Crippen LogP contribution < -0.4 is 9.54 Å². The summed E-state index contributed by atoms with van der Waals surface area (Å²) in [5, 5.41) is 1.89. The van der Waals surface area contributed by atoms with Gasteiger partial charge in [0.2, 0.25) is 0 Å². The van der Waals surface area contributed by atoms with Crippen LogP contribution in [0.4, 0.5) is 0 Å². The Balaban J connectivity index is 1.77. The van der Waals surface area contributed by atoms with Crippen LogP contribution in [0.15, 0.2) is 71.2 Å². The standard InChI is InChI=1S/C18H16N2O2S/c1-20-11-12-23-18(20)19-17(21)13-22-16-10-6-5-9-15(16)14-7-3-2-4-8-14/h2-12H,13H2,1H3. The highest BCUT2D eigenvalue weighted by Crippen LogP contribution is 2.29. The molecular formula is C18H16N2O2S. The van der Waals surface area contributed by atoms with Crippen molar-refractivity contribution in [1.82, 2.24) is 4.57 Å². The van der Waals surface area contributed by atoms with Crippen molar-refractivity contribution in [2.24, 2.45) is 12.0 Å². The number of amides is 1. The second-order valence-corrected chi connectivity index (χ2v) is 5.83. The number of carbonyl (C=O) groups excluding carboxylic acids is 1. The molecule has 0 unspecified atom stereocenters. The largest absolute Gasteiger partial charge is 0.483 e. The number of thiazole rings is 1. The van der Waals surface area contributed by atoms with Crippen LogP contribution in [0, 0.1) is 0 Å². The minimum absolute atomic E-state index is 0.0816. The molecule has 0 aliphatic heterocycles. The predicted molar refractivity (Wildman–Crippen MR) is 91.2 cm³/mol. The summed E-state index contributed by atoms with van der Waals surface area (Å²) in [6.45, 7) is -0.0816. The maximum atomic E-state index is 12.0. The van der Waals surface area contributed by atoms with Crippen LogP contribution in [0.1, 0.15) is 0 Å². The fraction of sp³-hybridized carbons (Fsp3) is 0.111. The molecule has 0 fully saturated rings. The van der Waals surface area contributed by atoms with Crippen molar-refractivity contribution in [2.75, 3.05) is 6.61 Å². The smallest absolute Gasteiger partial charge is 0.286 e. The Bertz CT molecular complexity index is 866. The van der Waals surface area contributed by atoms with Gasteiger partial charge in [-0.25, -0.2) is 0 Å². The molecule has 1 aromatic heterocycles. The number of rotatable bonds is 4. The van der Waals surface area contributed by atoms with Gasteiger partial charge in [0.15, 0.2) is 11.4 Å². The minimum Gasteiger partial charge on any atom is -0.483 e. The predicted octanol–water partition coefficient (Wildman–Crippen LogP) is 3.26. The Hall–Kier alpha value is -2.66. The van der Waals surface area contributed by atoms with E-state index in [1.54, 1.807) is 4.57 Å². The van der Waals surface area contributed by atoms with Crippen LogP contribution in [0.5, 0.6) is 5.75 Å². The van der Waals surface area contributed by atoms with E-state index in [2.05, 4.69) is 4.99 Å². The molecule has 0 aliphatic rings. The third-order valence-corrected chi connectivity index (χ3v) is 4.15. The summed E-state index contributed by atoms with van der Waals surface area (Å²) in [6.07, 6.45) is 1.86. The Morgan fingerprint density at radius 2 is 1.87 bits per heavy atom. The summed E-state index contributed by atoms with van der Waals surface area (Å²) in [4.78, 5) is 16.7. The average Bonchev–Trinajstić information content (AvgIpc) is 2.99. The van der Waals surface area contributed by atoms with Crippen LogP contribution in [0.3, 0.4) is 0 Å². The highest BCUT2D eigenvalue weighted by Gasteiger charge is 2.07. The monoisotopic (exact) mass is 324 g/mol. The van der Waals surface area contributed by atoms with Gasteiger partial charge < -0.3 is 9.30 Å². The van der Waals surface area contributed by atoms with Crippen molar-refractivity contribution in [3.8, 4) is 16.9 Å². The van der Waals surface area contributed by atoms with Gasteiger partial charge in [0.25, 0.3) is 5.91 Å². The van der Waals surface area contributed by atoms with E-state index in [1.165, 1.54) is 11.3 Å². The lowest BCUT2D eigenvalue weighted by atomic mass is 10.1. The van der Waals surface area contributed by atoms with Gasteiger partial charge >= 0.3 is 0 Å². The molecule has 0 saturated heterocycles. The van der Waals surface area contributed by atoms with E-state index in [-0.39, 0.29) is 12.5 Å². The zero-order chi connectivity index (χ0) is 16.1. The Kier molecular flexibility index (Phi) is 4.68. The molecule has 0 bridgehead atoms. The van der Waals surface area contributed by atoms with E-state index in [9.17, 15) is 4.79 Å². The Labute approximate surface area is 138 Å². The number of carbonyl (C=O) groups is 1. The number of aromatic nitrogens is 1. The molecule has 0 radical (unpaired) electrons. The van der Waals surface area contributed by atoms with E-state index >= 15 is 0 Å². The second kappa shape index (κ2) is 7.07. The number of benzene rings is 2. The van der Waals surface area contributed by atoms with Gasteiger partial charge in [-0.3, -0.25) is 4.79 Å². The molecule has 0 spiro atoms. The molecule has 2 aromatic carbocycles. The van der Waals surface area contributed by atoms with E-state index < -0.39 is 0 Å². The van der Waals surface area contributed by atoms with Gasteiger partial charge in [-0.15, -0.1) is 11.3 Å². The first-order chi connectivity index (χ1) is 11.2. The Morgan fingerprint density at radius 1 is 1.13 bits per heavy atom. The quantitative estimate of drug-likeness (QED) is 0.739. The maximum Gasteiger partial charge on any atom is 0.286 e. The summed E-state index contributed by atoms with van der Waals surface area (Å²) in [7, 11) is 1.86. The zero-order valence-corrected chi connectivity index (χ0v) is 13.5. The Morgan fingerprint density at radius 3 is 2.61 bits per heavy atom. The van der Waals surface area contributed by atoms with E-state index in [1.807, 2.05) is 73.2 Å². The van der Waals surface area contributed by atoms with Crippen LogP contribution in [0.25, 0.3) is 11.1 Å². The fourth-order valence-corrected chi connectivity index (χ4v) is 2.91. The molecule has 0 atom stereocenters. The molecule has 1 heterocycles. The van der Waals surface area contributed by atoms with Crippen LogP contribution in [-0.4, -0.2) is 17.1 Å². The van der Waals surface area contributed by atoms with Crippen molar-refractivity contribution in [1.29, 1.82) is 0 Å². The molecule has 116 valence electrons. The molecule has 0 saturated carbocycles. The van der Waals surface area contributed by atoms with Gasteiger partial charge in [-0.1, -0.05) is 48.5 Å². The molecule has 0 aliphatic carbocycles. The fourth-order valence-electron chi connectivity index (χ4n) is 2.16. The summed E-state index contributed by atoms with van der Waals surface area (Å²) in [5.74, 6) is 0.378. The van der Waals surface area contributed by atoms with E-state index in [0.717, 1.165) is 11.1 Å². The summed E-state index contributed by atoms with van der Waals surface area (Å²) in [6, 6.07) is 17.6.